The fraction of sp³-hybridized carbons (Fsp3) is 0.400. The number of aromatic amines is 1. The van der Waals surface area contributed by atoms with Crippen molar-refractivity contribution in [2.45, 2.75) is 37.6 Å². The molecule has 8 N–H and O–H groups in total. The van der Waals surface area contributed by atoms with Gasteiger partial charge < -0.3 is 36.9 Å². The second-order valence-corrected chi connectivity index (χ2v) is 7.62. The van der Waals surface area contributed by atoms with Gasteiger partial charge in [-0.3, -0.25) is 14.4 Å². The van der Waals surface area contributed by atoms with Gasteiger partial charge in [-0.25, -0.2) is 4.79 Å². The fourth-order valence-corrected chi connectivity index (χ4v) is 3.19. The second-order valence-electron chi connectivity index (χ2n) is 7.25. The number of carbonyl (C=O) groups excluding carboxylic acids is 3. The number of aliphatic hydroxyl groups is 1. The maximum Gasteiger partial charge on any atom is 0.326 e. The number of thiol groups is 1. The van der Waals surface area contributed by atoms with Crippen LogP contribution in [-0.2, 0) is 25.6 Å². The summed E-state index contributed by atoms with van der Waals surface area (Å²) >= 11 is 4.00. The number of rotatable bonds is 11. The molecule has 0 aliphatic heterocycles. The number of benzene rings is 1. The van der Waals surface area contributed by atoms with Gasteiger partial charge in [-0.1, -0.05) is 18.2 Å². The zero-order chi connectivity index (χ0) is 23.8. The number of aliphatic hydroxyl groups excluding tert-OH is 1. The molecule has 0 bridgehead atoms. The maximum atomic E-state index is 12.3. The highest BCUT2D eigenvalue weighted by Gasteiger charge is 2.26. The van der Waals surface area contributed by atoms with Crippen molar-refractivity contribution >= 4 is 47.2 Å². The molecule has 0 spiro atoms. The molecule has 0 saturated carbocycles. The Morgan fingerprint density at radius 3 is 2.44 bits per heavy atom. The summed E-state index contributed by atoms with van der Waals surface area (Å²) in [6.45, 7) is 0.832. The van der Waals surface area contributed by atoms with Gasteiger partial charge in [-0.2, -0.15) is 12.6 Å². The fourth-order valence-electron chi connectivity index (χ4n) is 2.94. The van der Waals surface area contributed by atoms with Crippen molar-refractivity contribution in [3.8, 4) is 0 Å². The van der Waals surface area contributed by atoms with Crippen LogP contribution in [-0.4, -0.2) is 75.4 Å². The highest BCUT2D eigenvalue weighted by atomic mass is 32.1. The largest absolute Gasteiger partial charge is 0.480 e. The summed E-state index contributed by atoms with van der Waals surface area (Å²) in [5, 5.41) is 26.7. The van der Waals surface area contributed by atoms with Gasteiger partial charge >= 0.3 is 5.97 Å². The molecule has 1 heterocycles. The van der Waals surface area contributed by atoms with E-state index in [9.17, 15) is 29.4 Å². The van der Waals surface area contributed by atoms with Gasteiger partial charge in [-0.05, 0) is 18.6 Å². The lowest BCUT2D eigenvalue weighted by Crippen LogP contribution is -2.56. The number of nitrogens with one attached hydrogen (secondary N) is 4. The van der Waals surface area contributed by atoms with Crippen LogP contribution in [0.2, 0.25) is 0 Å². The first-order valence-electron chi connectivity index (χ1n) is 9.83. The van der Waals surface area contributed by atoms with Crippen LogP contribution >= 0.6 is 12.6 Å². The number of carboxylic acids is 1. The average molecular weight is 466 g/mol. The van der Waals surface area contributed by atoms with Gasteiger partial charge in [0.25, 0.3) is 0 Å². The van der Waals surface area contributed by atoms with E-state index in [1.807, 2.05) is 24.3 Å². The summed E-state index contributed by atoms with van der Waals surface area (Å²) in [6.07, 6.45) is 0.618. The first kappa shape index (κ1) is 25.2. The molecule has 1 aromatic carbocycles. The molecule has 4 atom stereocenters. The number of amides is 3. The number of fused-ring (bicyclic) bond motifs is 1. The molecule has 12 heteroatoms. The van der Waals surface area contributed by atoms with Crippen molar-refractivity contribution in [1.82, 2.24) is 20.9 Å². The third kappa shape index (κ3) is 6.70. The minimum absolute atomic E-state index is 0.0472. The first-order chi connectivity index (χ1) is 15.1. The Morgan fingerprint density at radius 2 is 1.81 bits per heavy atom. The number of carboxylic acid groups (broad SMARTS) is 1. The molecule has 2 aromatic rings. The number of hydrogen-bond acceptors (Lipinski definition) is 7. The normalized spacial score (nSPS) is 14.8. The quantitative estimate of drug-likeness (QED) is 0.186. The Hall–Kier alpha value is -3.09. The Balaban J connectivity index is 1.92. The predicted molar refractivity (Wildman–Crippen MR) is 120 cm³/mol. The molecule has 32 heavy (non-hydrogen) atoms. The summed E-state index contributed by atoms with van der Waals surface area (Å²) in [5.41, 5.74) is 7.09. The number of carbonyl (C=O) groups is 4. The minimum atomic E-state index is -1.23. The Labute approximate surface area is 189 Å². The molecule has 2 rings (SSSR count). The monoisotopic (exact) mass is 465 g/mol. The lowest BCUT2D eigenvalue weighted by atomic mass is 10.0. The number of para-hydroxylation sites is 1. The van der Waals surface area contributed by atoms with Gasteiger partial charge in [0.05, 0.1) is 12.6 Å². The zero-order valence-corrected chi connectivity index (χ0v) is 18.3. The molecule has 3 amide bonds. The summed E-state index contributed by atoms with van der Waals surface area (Å²) < 4.78 is 0. The van der Waals surface area contributed by atoms with Crippen molar-refractivity contribution in [3.63, 3.8) is 0 Å². The van der Waals surface area contributed by atoms with E-state index in [0.29, 0.717) is 0 Å². The van der Waals surface area contributed by atoms with Crippen molar-refractivity contribution in [1.29, 1.82) is 0 Å². The van der Waals surface area contributed by atoms with Crippen LogP contribution in [0.5, 0.6) is 0 Å². The topological polar surface area (TPSA) is 187 Å². The molecule has 0 aliphatic carbocycles. The van der Waals surface area contributed by atoms with Crippen LogP contribution in [0.1, 0.15) is 12.5 Å². The van der Waals surface area contributed by atoms with Crippen LogP contribution in [0.4, 0.5) is 0 Å². The molecular formula is C20H27N5O6S. The van der Waals surface area contributed by atoms with E-state index in [-0.39, 0.29) is 12.2 Å². The van der Waals surface area contributed by atoms with E-state index in [4.69, 9.17) is 5.73 Å². The smallest absolute Gasteiger partial charge is 0.326 e. The van der Waals surface area contributed by atoms with Gasteiger partial charge in [0, 0.05) is 29.3 Å². The SMILES string of the molecule is CC(O)C(N)C(=O)NC(CS)C(=O)NCC(=O)NC(Cc1c[nH]c2ccccc12)C(=O)O. The van der Waals surface area contributed by atoms with Crippen LogP contribution in [0.15, 0.2) is 30.5 Å². The van der Waals surface area contributed by atoms with Gasteiger partial charge in [0.15, 0.2) is 0 Å². The molecule has 174 valence electrons. The van der Waals surface area contributed by atoms with Gasteiger partial charge in [-0.15, -0.1) is 0 Å². The van der Waals surface area contributed by atoms with E-state index >= 15 is 0 Å². The number of hydrogen-bond donors (Lipinski definition) is 8. The lowest BCUT2D eigenvalue weighted by Gasteiger charge is -2.20. The number of aromatic nitrogens is 1. The van der Waals surface area contributed by atoms with Gasteiger partial charge in [0.1, 0.15) is 18.1 Å². The third-order valence-electron chi connectivity index (χ3n) is 4.79. The summed E-state index contributed by atoms with van der Waals surface area (Å²) in [5.74, 6) is -3.46. The molecule has 1 aromatic heterocycles. The standard InChI is InChI=1S/C20H27N5O6S/c1-10(26)17(21)19(29)25-15(9-32)18(28)23-8-16(27)24-14(20(30)31)6-11-7-22-13-5-3-2-4-12(11)13/h2-5,7,10,14-15,17,22,26,32H,6,8-9,21H2,1H3,(H,23,28)(H,24,27)(H,25,29)(H,30,31). The highest BCUT2D eigenvalue weighted by molar-refractivity contribution is 7.80. The van der Waals surface area contributed by atoms with Crippen molar-refractivity contribution in [2.75, 3.05) is 12.3 Å². The average Bonchev–Trinajstić information content (AvgIpc) is 3.17. The van der Waals surface area contributed by atoms with E-state index in [1.165, 1.54) is 6.92 Å². The molecule has 0 radical (unpaired) electrons. The minimum Gasteiger partial charge on any atom is -0.480 e. The summed E-state index contributed by atoms with van der Waals surface area (Å²) in [7, 11) is 0. The van der Waals surface area contributed by atoms with Crippen LogP contribution in [0, 0.1) is 0 Å². The molecule has 0 saturated heterocycles. The van der Waals surface area contributed by atoms with Crippen LogP contribution < -0.4 is 21.7 Å². The Morgan fingerprint density at radius 1 is 1.12 bits per heavy atom. The van der Waals surface area contributed by atoms with E-state index in [2.05, 4.69) is 33.6 Å². The van der Waals surface area contributed by atoms with Crippen molar-refractivity contribution in [3.05, 3.63) is 36.0 Å². The molecule has 11 nitrogen and oxygen atoms in total. The molecule has 0 aliphatic rings. The highest BCUT2D eigenvalue weighted by Crippen LogP contribution is 2.19. The molecule has 0 fully saturated rings. The van der Waals surface area contributed by atoms with Crippen LogP contribution in [0.25, 0.3) is 10.9 Å². The zero-order valence-electron chi connectivity index (χ0n) is 17.4. The maximum absolute atomic E-state index is 12.3. The third-order valence-corrected chi connectivity index (χ3v) is 5.16. The predicted octanol–water partition coefficient (Wildman–Crippen LogP) is -1.48. The summed E-state index contributed by atoms with van der Waals surface area (Å²) in [6, 6.07) is 3.85. The second kappa shape index (κ2) is 11.5. The van der Waals surface area contributed by atoms with Crippen molar-refractivity contribution < 1.29 is 29.4 Å². The van der Waals surface area contributed by atoms with E-state index < -0.39 is 54.5 Å². The van der Waals surface area contributed by atoms with E-state index in [0.717, 1.165) is 16.5 Å². The first-order valence-corrected chi connectivity index (χ1v) is 10.5. The lowest BCUT2D eigenvalue weighted by molar-refractivity contribution is -0.141. The molecular weight excluding hydrogens is 438 g/mol. The summed E-state index contributed by atoms with van der Waals surface area (Å²) in [4.78, 5) is 51.1. The van der Waals surface area contributed by atoms with Crippen molar-refractivity contribution in [2.24, 2.45) is 5.73 Å². The molecule has 4 unspecified atom stereocenters. The van der Waals surface area contributed by atoms with Gasteiger partial charge in [0.2, 0.25) is 17.7 Å². The Kier molecular flexibility index (Phi) is 9.05. The Bertz CT molecular complexity index is 978. The van der Waals surface area contributed by atoms with E-state index in [1.54, 1.807) is 6.20 Å². The number of H-pyrrole nitrogens is 1. The van der Waals surface area contributed by atoms with Crippen LogP contribution in [0.3, 0.4) is 0 Å². The number of aliphatic carboxylic acids is 1. The number of nitrogens with two attached hydrogens (primary N) is 1.